The van der Waals surface area contributed by atoms with Crippen LogP contribution in [-0.4, -0.2) is 51.8 Å². The Morgan fingerprint density at radius 3 is 2.39 bits per heavy atom. The second kappa shape index (κ2) is 7.47. The maximum Gasteiger partial charge on any atom is 0.414 e. The number of nitrogens with one attached hydrogen (secondary N) is 2. The molecule has 1 atom stereocenters. The summed E-state index contributed by atoms with van der Waals surface area (Å²) in [6.45, 7) is 2.14. The van der Waals surface area contributed by atoms with Crippen molar-refractivity contribution >= 4 is 17.7 Å². The van der Waals surface area contributed by atoms with E-state index in [2.05, 4.69) is 25.9 Å². The zero-order valence-corrected chi connectivity index (χ0v) is 15.1. The fourth-order valence-corrected chi connectivity index (χ4v) is 3.03. The van der Waals surface area contributed by atoms with Crippen LogP contribution in [0.2, 0.25) is 0 Å². The van der Waals surface area contributed by atoms with Gasteiger partial charge in [-0.2, -0.15) is 5.21 Å². The first-order valence-electron chi connectivity index (χ1n) is 8.77. The van der Waals surface area contributed by atoms with Crippen LogP contribution in [0.5, 0.6) is 0 Å². The normalized spacial score (nSPS) is 16.1. The Balaban J connectivity index is 1.45. The van der Waals surface area contributed by atoms with Crippen molar-refractivity contribution in [2.24, 2.45) is 0 Å². The van der Waals surface area contributed by atoms with Gasteiger partial charge in [0.1, 0.15) is 6.10 Å². The van der Waals surface area contributed by atoms with Crippen molar-refractivity contribution < 1.29 is 14.3 Å². The molecule has 1 aliphatic rings. The SMILES string of the molecule is CC(=O)NCC1CN(c2ccc(-c3ccc(-c4nn[nH]n4)cc3)cc2)C(=O)O1. The van der Waals surface area contributed by atoms with Gasteiger partial charge in [-0.25, -0.2) is 4.79 Å². The van der Waals surface area contributed by atoms with Crippen molar-refractivity contribution in [1.82, 2.24) is 25.9 Å². The molecule has 0 saturated carbocycles. The van der Waals surface area contributed by atoms with E-state index in [1.54, 1.807) is 4.90 Å². The average Bonchev–Trinajstić information content (AvgIpc) is 3.37. The number of ether oxygens (including phenoxy) is 1. The Hall–Kier alpha value is -3.75. The molecule has 9 heteroatoms. The number of anilines is 1. The van der Waals surface area contributed by atoms with Gasteiger partial charge in [-0.3, -0.25) is 9.69 Å². The minimum Gasteiger partial charge on any atom is -0.442 e. The summed E-state index contributed by atoms with van der Waals surface area (Å²) >= 11 is 0. The van der Waals surface area contributed by atoms with Crippen LogP contribution in [0.15, 0.2) is 48.5 Å². The van der Waals surface area contributed by atoms with E-state index in [9.17, 15) is 9.59 Å². The molecule has 142 valence electrons. The number of carbonyl (C=O) groups excluding carboxylic acids is 2. The quantitative estimate of drug-likeness (QED) is 0.702. The molecule has 2 amide bonds. The number of cyclic esters (lactones) is 1. The highest BCUT2D eigenvalue weighted by molar-refractivity contribution is 5.90. The van der Waals surface area contributed by atoms with Crippen LogP contribution in [-0.2, 0) is 9.53 Å². The molecule has 0 bridgehead atoms. The van der Waals surface area contributed by atoms with Crippen LogP contribution in [0, 0.1) is 0 Å². The van der Waals surface area contributed by atoms with E-state index in [1.807, 2.05) is 48.5 Å². The topological polar surface area (TPSA) is 113 Å². The molecule has 2 N–H and O–H groups in total. The number of carbonyl (C=O) groups is 2. The number of benzene rings is 2. The number of tetrazole rings is 1. The fourth-order valence-electron chi connectivity index (χ4n) is 3.03. The van der Waals surface area contributed by atoms with Crippen LogP contribution in [0.25, 0.3) is 22.5 Å². The molecular formula is C19H18N6O3. The molecule has 3 aromatic rings. The lowest BCUT2D eigenvalue weighted by molar-refractivity contribution is -0.119. The lowest BCUT2D eigenvalue weighted by atomic mass is 10.0. The molecule has 1 fully saturated rings. The lowest BCUT2D eigenvalue weighted by Gasteiger charge is -2.14. The van der Waals surface area contributed by atoms with E-state index in [1.165, 1.54) is 6.92 Å². The number of H-pyrrole nitrogens is 1. The summed E-state index contributed by atoms with van der Waals surface area (Å²) in [5.41, 5.74) is 3.68. The first kappa shape index (κ1) is 17.7. The van der Waals surface area contributed by atoms with E-state index in [4.69, 9.17) is 4.74 Å². The van der Waals surface area contributed by atoms with Gasteiger partial charge in [-0.15, -0.1) is 10.2 Å². The van der Waals surface area contributed by atoms with Crippen LogP contribution in [0.4, 0.5) is 10.5 Å². The Morgan fingerprint density at radius 2 is 1.79 bits per heavy atom. The minimum absolute atomic E-state index is 0.149. The van der Waals surface area contributed by atoms with Gasteiger partial charge in [0.2, 0.25) is 11.7 Å². The molecule has 0 aliphatic carbocycles. The third-order valence-electron chi connectivity index (χ3n) is 4.45. The third-order valence-corrected chi connectivity index (χ3v) is 4.45. The third kappa shape index (κ3) is 3.68. The Bertz CT molecular complexity index is 970. The second-order valence-electron chi connectivity index (χ2n) is 6.41. The van der Waals surface area contributed by atoms with Gasteiger partial charge in [0.15, 0.2) is 0 Å². The van der Waals surface area contributed by atoms with Gasteiger partial charge in [0, 0.05) is 18.2 Å². The number of nitrogens with zero attached hydrogens (tertiary/aromatic N) is 4. The molecule has 1 unspecified atom stereocenters. The first-order chi connectivity index (χ1) is 13.6. The van der Waals surface area contributed by atoms with Crippen molar-refractivity contribution in [3.63, 3.8) is 0 Å². The largest absolute Gasteiger partial charge is 0.442 e. The van der Waals surface area contributed by atoms with Gasteiger partial charge in [0.05, 0.1) is 13.1 Å². The standard InChI is InChI=1S/C19H18N6O3/c1-12(26)20-10-17-11-25(19(27)28-17)16-8-6-14(7-9-16)13-2-4-15(5-3-13)18-21-23-24-22-18/h2-9,17H,10-11H2,1H3,(H,20,26)(H,21,22,23,24). The summed E-state index contributed by atoms with van der Waals surface area (Å²) in [6, 6.07) is 15.5. The number of rotatable bonds is 5. The lowest BCUT2D eigenvalue weighted by Crippen LogP contribution is -2.33. The minimum atomic E-state index is -0.410. The Labute approximate surface area is 160 Å². The Morgan fingerprint density at radius 1 is 1.14 bits per heavy atom. The highest BCUT2D eigenvalue weighted by Crippen LogP contribution is 2.27. The molecule has 0 spiro atoms. The van der Waals surface area contributed by atoms with E-state index < -0.39 is 6.09 Å². The maximum absolute atomic E-state index is 12.1. The van der Waals surface area contributed by atoms with E-state index in [0.29, 0.717) is 18.9 Å². The average molecular weight is 378 g/mol. The summed E-state index contributed by atoms with van der Waals surface area (Å²) in [4.78, 5) is 24.7. The van der Waals surface area contributed by atoms with Gasteiger partial charge in [0.25, 0.3) is 0 Å². The van der Waals surface area contributed by atoms with Crippen LogP contribution in [0.3, 0.4) is 0 Å². The molecule has 1 aromatic heterocycles. The summed E-state index contributed by atoms with van der Waals surface area (Å²) in [5, 5.41) is 16.6. The highest BCUT2D eigenvalue weighted by Gasteiger charge is 2.32. The summed E-state index contributed by atoms with van der Waals surface area (Å²) in [7, 11) is 0. The molecule has 1 saturated heterocycles. The van der Waals surface area contributed by atoms with Crippen LogP contribution >= 0.6 is 0 Å². The van der Waals surface area contributed by atoms with Crippen LogP contribution in [0.1, 0.15) is 6.92 Å². The van der Waals surface area contributed by atoms with Crippen molar-refractivity contribution in [3.05, 3.63) is 48.5 Å². The molecular weight excluding hydrogens is 360 g/mol. The monoisotopic (exact) mass is 378 g/mol. The van der Waals surface area contributed by atoms with Crippen molar-refractivity contribution in [2.75, 3.05) is 18.0 Å². The van der Waals surface area contributed by atoms with E-state index in [-0.39, 0.29) is 12.0 Å². The number of aromatic nitrogens is 4. The maximum atomic E-state index is 12.1. The van der Waals surface area contributed by atoms with Crippen molar-refractivity contribution in [1.29, 1.82) is 0 Å². The van der Waals surface area contributed by atoms with Gasteiger partial charge >= 0.3 is 6.09 Å². The van der Waals surface area contributed by atoms with Crippen LogP contribution < -0.4 is 10.2 Å². The highest BCUT2D eigenvalue weighted by atomic mass is 16.6. The zero-order valence-electron chi connectivity index (χ0n) is 15.1. The zero-order chi connectivity index (χ0) is 19.5. The predicted octanol–water partition coefficient (Wildman–Crippen LogP) is 1.99. The number of amides is 2. The van der Waals surface area contributed by atoms with Gasteiger partial charge in [-0.05, 0) is 28.5 Å². The van der Waals surface area contributed by atoms with E-state index >= 15 is 0 Å². The summed E-state index contributed by atoms with van der Waals surface area (Å²) in [5.74, 6) is 0.396. The number of aromatic amines is 1. The molecule has 0 radical (unpaired) electrons. The fraction of sp³-hybridized carbons (Fsp3) is 0.211. The number of hydrogen-bond donors (Lipinski definition) is 2. The molecule has 28 heavy (non-hydrogen) atoms. The number of hydrogen-bond acceptors (Lipinski definition) is 6. The van der Waals surface area contributed by atoms with Gasteiger partial charge in [-0.1, -0.05) is 36.4 Å². The molecule has 1 aliphatic heterocycles. The molecule has 9 nitrogen and oxygen atoms in total. The second-order valence-corrected chi connectivity index (χ2v) is 6.41. The summed E-state index contributed by atoms with van der Waals surface area (Å²) < 4.78 is 5.29. The van der Waals surface area contributed by atoms with Crippen molar-refractivity contribution in [3.8, 4) is 22.5 Å². The first-order valence-corrected chi connectivity index (χ1v) is 8.77. The molecule has 2 heterocycles. The molecule has 2 aromatic carbocycles. The summed E-state index contributed by atoms with van der Waals surface area (Å²) in [6.07, 6.45) is -0.763. The van der Waals surface area contributed by atoms with Gasteiger partial charge < -0.3 is 10.1 Å². The molecule has 4 rings (SSSR count). The smallest absolute Gasteiger partial charge is 0.414 e. The Kier molecular flexibility index (Phi) is 4.71. The van der Waals surface area contributed by atoms with Crippen molar-refractivity contribution in [2.45, 2.75) is 13.0 Å². The van der Waals surface area contributed by atoms with E-state index in [0.717, 1.165) is 22.4 Å². The predicted molar refractivity (Wildman–Crippen MR) is 101 cm³/mol.